The Balaban J connectivity index is 1.71. The van der Waals surface area contributed by atoms with E-state index in [1.165, 1.54) is 0 Å². The third-order valence-electron chi connectivity index (χ3n) is 3.25. The number of piperazine rings is 1. The van der Waals surface area contributed by atoms with Gasteiger partial charge in [-0.2, -0.15) is 0 Å². The Bertz CT molecular complexity index is 474. The molecule has 0 spiro atoms. The molecule has 0 atom stereocenters. The van der Waals surface area contributed by atoms with Crippen LogP contribution in [0.2, 0.25) is 0 Å². The normalized spacial score (nSPS) is 14.9. The molecule has 2 amide bonds. The highest BCUT2D eigenvalue weighted by Gasteiger charge is 2.21. The number of carbonyl (C=O) groups excluding carboxylic acids is 1. The molecular weight excluding hydrogens is 274 g/mol. The molecule has 2 N–H and O–H groups in total. The predicted molar refractivity (Wildman–Crippen MR) is 76.1 cm³/mol. The van der Waals surface area contributed by atoms with Crippen molar-refractivity contribution in [3.63, 3.8) is 0 Å². The lowest BCUT2D eigenvalue weighted by Gasteiger charge is -2.34. The Morgan fingerprint density at radius 2 is 1.86 bits per heavy atom. The van der Waals surface area contributed by atoms with Crippen LogP contribution in [0.25, 0.3) is 0 Å². The van der Waals surface area contributed by atoms with Crippen LogP contribution in [0.15, 0.2) is 18.5 Å². The van der Waals surface area contributed by atoms with Gasteiger partial charge >= 0.3 is 12.0 Å². The van der Waals surface area contributed by atoms with Crippen LogP contribution in [0.5, 0.6) is 0 Å². The van der Waals surface area contributed by atoms with Crippen LogP contribution in [0, 0.1) is 0 Å². The zero-order valence-corrected chi connectivity index (χ0v) is 11.7. The van der Waals surface area contributed by atoms with E-state index in [4.69, 9.17) is 5.11 Å². The zero-order chi connectivity index (χ0) is 15.1. The maximum atomic E-state index is 11.9. The van der Waals surface area contributed by atoms with Gasteiger partial charge in [0.05, 0.1) is 0 Å². The largest absolute Gasteiger partial charge is 0.481 e. The highest BCUT2D eigenvalue weighted by atomic mass is 16.4. The van der Waals surface area contributed by atoms with Gasteiger partial charge in [0.2, 0.25) is 5.95 Å². The maximum Gasteiger partial charge on any atom is 0.317 e. The Morgan fingerprint density at radius 3 is 2.48 bits per heavy atom. The molecule has 0 saturated carbocycles. The van der Waals surface area contributed by atoms with Crippen LogP contribution in [0.1, 0.15) is 12.8 Å². The molecule has 1 aromatic heterocycles. The van der Waals surface area contributed by atoms with E-state index < -0.39 is 5.97 Å². The summed E-state index contributed by atoms with van der Waals surface area (Å²) in [6, 6.07) is 1.62. The molecule has 0 aliphatic carbocycles. The van der Waals surface area contributed by atoms with Crippen molar-refractivity contribution < 1.29 is 14.7 Å². The monoisotopic (exact) mass is 293 g/mol. The third-order valence-corrected chi connectivity index (χ3v) is 3.25. The minimum atomic E-state index is -0.847. The van der Waals surface area contributed by atoms with Gasteiger partial charge in [-0.25, -0.2) is 14.8 Å². The van der Waals surface area contributed by atoms with Crippen LogP contribution >= 0.6 is 0 Å². The third kappa shape index (κ3) is 4.59. The maximum absolute atomic E-state index is 11.9. The summed E-state index contributed by atoms with van der Waals surface area (Å²) in [4.78, 5) is 34.4. The van der Waals surface area contributed by atoms with Crippen LogP contribution in [0.3, 0.4) is 0 Å². The number of anilines is 1. The Labute approximate surface area is 122 Å². The summed E-state index contributed by atoms with van der Waals surface area (Å²) in [5, 5.41) is 11.3. The lowest BCUT2D eigenvalue weighted by molar-refractivity contribution is -0.137. The predicted octanol–water partition coefficient (Wildman–Crippen LogP) is 0.173. The quantitative estimate of drug-likeness (QED) is 0.751. The number of amides is 2. The first kappa shape index (κ1) is 15.0. The summed E-state index contributed by atoms with van der Waals surface area (Å²) in [7, 11) is 0. The molecule has 1 aliphatic rings. The average molecular weight is 293 g/mol. The van der Waals surface area contributed by atoms with Crippen molar-refractivity contribution >= 4 is 17.9 Å². The van der Waals surface area contributed by atoms with Crippen LogP contribution < -0.4 is 10.2 Å². The van der Waals surface area contributed by atoms with Gasteiger partial charge in [0.25, 0.3) is 0 Å². The number of aromatic nitrogens is 2. The zero-order valence-electron chi connectivity index (χ0n) is 11.7. The van der Waals surface area contributed by atoms with Crippen molar-refractivity contribution in [3.05, 3.63) is 18.5 Å². The highest BCUT2D eigenvalue weighted by Crippen LogP contribution is 2.09. The summed E-state index contributed by atoms with van der Waals surface area (Å²) >= 11 is 0. The second-order valence-corrected chi connectivity index (χ2v) is 4.75. The number of carboxylic acid groups (broad SMARTS) is 1. The van der Waals surface area contributed by atoms with Crippen molar-refractivity contribution in [2.75, 3.05) is 37.6 Å². The first-order valence-corrected chi connectivity index (χ1v) is 6.93. The van der Waals surface area contributed by atoms with Crippen LogP contribution in [0.4, 0.5) is 10.7 Å². The lowest BCUT2D eigenvalue weighted by atomic mass is 10.3. The van der Waals surface area contributed by atoms with Crippen LogP contribution in [-0.4, -0.2) is 64.7 Å². The molecule has 0 bridgehead atoms. The van der Waals surface area contributed by atoms with Gasteiger partial charge in [0.15, 0.2) is 0 Å². The number of hydrogen-bond donors (Lipinski definition) is 2. The van der Waals surface area contributed by atoms with Gasteiger partial charge in [0, 0.05) is 51.5 Å². The van der Waals surface area contributed by atoms with E-state index >= 15 is 0 Å². The van der Waals surface area contributed by atoms with E-state index in [0.29, 0.717) is 45.1 Å². The molecule has 8 nitrogen and oxygen atoms in total. The highest BCUT2D eigenvalue weighted by molar-refractivity contribution is 5.74. The smallest absolute Gasteiger partial charge is 0.317 e. The fraction of sp³-hybridized carbons (Fsp3) is 0.538. The summed E-state index contributed by atoms with van der Waals surface area (Å²) in [5.41, 5.74) is 0. The molecule has 2 heterocycles. The van der Waals surface area contributed by atoms with Gasteiger partial charge in [-0.1, -0.05) is 0 Å². The van der Waals surface area contributed by atoms with Crippen molar-refractivity contribution in [3.8, 4) is 0 Å². The summed E-state index contributed by atoms with van der Waals surface area (Å²) in [6.07, 6.45) is 3.91. The average Bonchev–Trinajstić information content (AvgIpc) is 2.52. The van der Waals surface area contributed by atoms with Crippen molar-refractivity contribution in [1.82, 2.24) is 20.2 Å². The number of aliphatic carboxylic acids is 1. The minimum Gasteiger partial charge on any atom is -0.481 e. The van der Waals surface area contributed by atoms with Crippen molar-refractivity contribution in [2.45, 2.75) is 12.8 Å². The van der Waals surface area contributed by atoms with Gasteiger partial charge in [-0.15, -0.1) is 0 Å². The molecule has 1 aliphatic heterocycles. The van der Waals surface area contributed by atoms with Gasteiger partial charge in [-0.3, -0.25) is 4.79 Å². The molecule has 2 rings (SSSR count). The topological polar surface area (TPSA) is 98.7 Å². The fourth-order valence-corrected chi connectivity index (χ4v) is 2.11. The molecule has 0 radical (unpaired) electrons. The first-order valence-electron chi connectivity index (χ1n) is 6.93. The first-order chi connectivity index (χ1) is 10.2. The molecule has 1 saturated heterocycles. The number of hydrogen-bond acceptors (Lipinski definition) is 5. The molecule has 0 aromatic carbocycles. The number of nitrogens with one attached hydrogen (secondary N) is 1. The van der Waals surface area contributed by atoms with Gasteiger partial charge in [0.1, 0.15) is 0 Å². The number of nitrogens with zero attached hydrogens (tertiary/aromatic N) is 4. The molecule has 8 heteroatoms. The van der Waals surface area contributed by atoms with E-state index in [1.807, 2.05) is 4.90 Å². The standard InChI is InChI=1S/C13H19N5O3/c19-11(20)3-1-4-16-13(21)18-9-7-17(8-10-18)12-14-5-2-6-15-12/h2,5-6H,1,3-4,7-10H2,(H,16,21)(H,19,20). The van der Waals surface area contributed by atoms with Crippen LogP contribution in [-0.2, 0) is 4.79 Å². The molecule has 1 fully saturated rings. The van der Waals surface area contributed by atoms with E-state index in [2.05, 4.69) is 15.3 Å². The van der Waals surface area contributed by atoms with E-state index in [9.17, 15) is 9.59 Å². The van der Waals surface area contributed by atoms with Crippen molar-refractivity contribution in [2.24, 2.45) is 0 Å². The summed E-state index contributed by atoms with van der Waals surface area (Å²) in [6.45, 7) is 2.96. The number of urea groups is 1. The number of carbonyl (C=O) groups is 2. The van der Waals surface area contributed by atoms with Gasteiger partial charge < -0.3 is 20.2 Å². The second kappa shape index (κ2) is 7.41. The Morgan fingerprint density at radius 1 is 1.19 bits per heavy atom. The summed E-state index contributed by atoms with van der Waals surface area (Å²) in [5.74, 6) is -0.167. The molecular formula is C13H19N5O3. The van der Waals surface area contributed by atoms with Gasteiger partial charge in [-0.05, 0) is 12.5 Å². The molecule has 0 unspecified atom stereocenters. The summed E-state index contributed by atoms with van der Waals surface area (Å²) < 4.78 is 0. The number of rotatable bonds is 5. The minimum absolute atomic E-state index is 0.0689. The van der Waals surface area contributed by atoms with Crippen molar-refractivity contribution in [1.29, 1.82) is 0 Å². The molecule has 1 aromatic rings. The number of carboxylic acids is 1. The Hall–Kier alpha value is -2.38. The second-order valence-electron chi connectivity index (χ2n) is 4.75. The van der Waals surface area contributed by atoms with E-state index in [0.717, 1.165) is 0 Å². The SMILES string of the molecule is O=C(O)CCCNC(=O)N1CCN(c2ncccn2)CC1. The molecule has 114 valence electrons. The molecule has 21 heavy (non-hydrogen) atoms. The van der Waals surface area contributed by atoms with E-state index in [-0.39, 0.29) is 12.5 Å². The Kier molecular flexibility index (Phi) is 5.30. The van der Waals surface area contributed by atoms with E-state index in [1.54, 1.807) is 23.4 Å². The lowest BCUT2D eigenvalue weighted by Crippen LogP contribution is -2.52. The fourth-order valence-electron chi connectivity index (χ4n) is 2.11.